The normalized spacial score (nSPS) is 17.1. The number of pyridine rings is 1. The minimum absolute atomic E-state index is 0.0752. The van der Waals surface area contributed by atoms with E-state index in [9.17, 15) is 18.0 Å². The minimum atomic E-state index is -4.50. The minimum Gasteiger partial charge on any atom is -0.403 e. The van der Waals surface area contributed by atoms with Crippen molar-refractivity contribution in [2.45, 2.75) is 32.0 Å². The van der Waals surface area contributed by atoms with Gasteiger partial charge in [-0.2, -0.15) is 13.2 Å². The van der Waals surface area contributed by atoms with Crippen LogP contribution >= 0.6 is 0 Å². The zero-order chi connectivity index (χ0) is 22.6. The number of hydrogen-bond donors (Lipinski definition) is 3. The molecule has 1 atom stereocenters. The fourth-order valence-electron chi connectivity index (χ4n) is 3.25. The highest BCUT2D eigenvalue weighted by Crippen LogP contribution is 2.28. The molecular weight excluding hydrogens is 413 g/mol. The molecule has 0 bridgehead atoms. The molecule has 0 radical (unpaired) electrons. The van der Waals surface area contributed by atoms with Crippen LogP contribution in [0.3, 0.4) is 0 Å². The number of likely N-dealkylation sites (tertiary alicyclic amines) is 1. The maximum absolute atomic E-state index is 13.2. The number of piperidine rings is 1. The summed E-state index contributed by atoms with van der Waals surface area (Å²) in [7, 11) is 0. The standard InChI is InChI=1S/C19H23F3N8O/c1-12-4-5-15(16(27-12)30(24)8-6-23)17(31)29-7-2-3-14(11-29)28-18-25-9-13(10-26-18)19(20,21)22/h4-6,8-10,14H,2-3,7,11,23-24H2,1H3,(H,25,26,28)/b8-6-. The maximum atomic E-state index is 13.2. The molecule has 1 amide bonds. The first-order chi connectivity index (χ1) is 14.7. The van der Waals surface area contributed by atoms with Crippen molar-refractivity contribution in [3.05, 3.63) is 53.7 Å². The molecule has 1 aliphatic heterocycles. The number of hydrazine groups is 1. The monoisotopic (exact) mass is 436 g/mol. The molecule has 2 aromatic rings. The van der Waals surface area contributed by atoms with E-state index in [4.69, 9.17) is 11.6 Å². The molecule has 3 heterocycles. The maximum Gasteiger partial charge on any atom is 0.419 e. The Labute approximate surface area is 176 Å². The second-order valence-corrected chi connectivity index (χ2v) is 7.10. The van der Waals surface area contributed by atoms with E-state index in [1.54, 1.807) is 24.0 Å². The van der Waals surface area contributed by atoms with Crippen LogP contribution in [0, 0.1) is 6.92 Å². The number of rotatable bonds is 5. The van der Waals surface area contributed by atoms with Crippen LogP contribution < -0.4 is 21.9 Å². The first-order valence-electron chi connectivity index (χ1n) is 9.54. The summed E-state index contributed by atoms with van der Waals surface area (Å²) in [5, 5.41) is 4.18. The SMILES string of the molecule is Cc1ccc(C(=O)N2CCCC(Nc3ncc(C(F)(F)F)cn3)C2)c(N(N)/C=C\N)n1. The van der Waals surface area contributed by atoms with Crippen LogP contribution in [0.5, 0.6) is 0 Å². The van der Waals surface area contributed by atoms with E-state index in [2.05, 4.69) is 20.3 Å². The van der Waals surface area contributed by atoms with Crippen LogP contribution in [0.15, 0.2) is 36.9 Å². The molecule has 1 saturated heterocycles. The number of amides is 1. The number of anilines is 2. The largest absolute Gasteiger partial charge is 0.419 e. The Bertz CT molecular complexity index is 948. The van der Waals surface area contributed by atoms with Gasteiger partial charge in [0, 0.05) is 49.6 Å². The first-order valence-corrected chi connectivity index (χ1v) is 9.54. The number of hydrogen-bond acceptors (Lipinski definition) is 8. The topological polar surface area (TPSA) is 126 Å². The molecule has 0 saturated carbocycles. The molecule has 166 valence electrons. The number of nitrogens with zero attached hydrogens (tertiary/aromatic N) is 5. The highest BCUT2D eigenvalue weighted by molar-refractivity contribution is 5.99. The number of carbonyl (C=O) groups is 1. The second kappa shape index (κ2) is 9.16. The lowest BCUT2D eigenvalue weighted by atomic mass is 10.0. The Hall–Kier alpha value is -3.41. The van der Waals surface area contributed by atoms with E-state index in [0.717, 1.165) is 12.4 Å². The molecule has 5 N–H and O–H groups in total. The quantitative estimate of drug-likeness (QED) is 0.480. The number of nitrogens with two attached hydrogens (primary N) is 2. The van der Waals surface area contributed by atoms with E-state index in [1.165, 1.54) is 17.4 Å². The fourth-order valence-corrected chi connectivity index (χ4v) is 3.25. The Morgan fingerprint density at radius 1 is 1.32 bits per heavy atom. The summed E-state index contributed by atoms with van der Waals surface area (Å²) in [5.41, 5.74) is 5.47. The summed E-state index contributed by atoms with van der Waals surface area (Å²) < 4.78 is 38.0. The van der Waals surface area contributed by atoms with Crippen LogP contribution in [-0.2, 0) is 6.18 Å². The van der Waals surface area contributed by atoms with Crippen LogP contribution in [-0.4, -0.2) is 44.9 Å². The molecule has 2 aromatic heterocycles. The summed E-state index contributed by atoms with van der Waals surface area (Å²) in [6.07, 6.45) is 1.00. The Morgan fingerprint density at radius 2 is 2.03 bits per heavy atom. The molecule has 0 spiro atoms. The molecular formula is C19H23F3N8O. The van der Waals surface area contributed by atoms with Crippen molar-refractivity contribution in [2.24, 2.45) is 11.6 Å². The lowest BCUT2D eigenvalue weighted by Gasteiger charge is -2.33. The summed E-state index contributed by atoms with van der Waals surface area (Å²) >= 11 is 0. The third-order valence-electron chi connectivity index (χ3n) is 4.76. The highest BCUT2D eigenvalue weighted by Gasteiger charge is 2.32. The average Bonchev–Trinajstić information content (AvgIpc) is 2.73. The van der Waals surface area contributed by atoms with Crippen molar-refractivity contribution in [1.29, 1.82) is 0 Å². The van der Waals surface area contributed by atoms with Gasteiger partial charge in [-0.1, -0.05) is 0 Å². The Morgan fingerprint density at radius 3 is 2.68 bits per heavy atom. The highest BCUT2D eigenvalue weighted by atomic mass is 19.4. The smallest absolute Gasteiger partial charge is 0.403 e. The molecule has 3 rings (SSSR count). The van der Waals surface area contributed by atoms with Gasteiger partial charge in [-0.3, -0.25) is 9.80 Å². The van der Waals surface area contributed by atoms with Crippen molar-refractivity contribution in [2.75, 3.05) is 23.4 Å². The predicted octanol–water partition coefficient (Wildman–Crippen LogP) is 2.03. The van der Waals surface area contributed by atoms with Gasteiger partial charge in [0.05, 0.1) is 11.1 Å². The van der Waals surface area contributed by atoms with Crippen LogP contribution in [0.2, 0.25) is 0 Å². The summed E-state index contributed by atoms with van der Waals surface area (Å²) in [4.78, 5) is 26.6. The molecule has 1 fully saturated rings. The van der Waals surface area contributed by atoms with Gasteiger partial charge in [0.25, 0.3) is 5.91 Å². The van der Waals surface area contributed by atoms with Gasteiger partial charge in [0.1, 0.15) is 0 Å². The van der Waals surface area contributed by atoms with Crippen LogP contribution in [0.4, 0.5) is 24.9 Å². The van der Waals surface area contributed by atoms with Gasteiger partial charge in [-0.15, -0.1) is 0 Å². The van der Waals surface area contributed by atoms with Crippen molar-refractivity contribution in [1.82, 2.24) is 19.9 Å². The van der Waals surface area contributed by atoms with Gasteiger partial charge < -0.3 is 16.0 Å². The molecule has 0 aromatic carbocycles. The van der Waals surface area contributed by atoms with Crippen molar-refractivity contribution in [3.8, 4) is 0 Å². The lowest BCUT2D eigenvalue weighted by Crippen LogP contribution is -2.46. The van der Waals surface area contributed by atoms with E-state index >= 15 is 0 Å². The lowest BCUT2D eigenvalue weighted by molar-refractivity contribution is -0.138. The van der Waals surface area contributed by atoms with Crippen LogP contribution in [0.1, 0.15) is 34.5 Å². The fraction of sp³-hybridized carbons (Fsp3) is 0.368. The number of halogens is 3. The van der Waals surface area contributed by atoms with Crippen molar-refractivity contribution in [3.63, 3.8) is 0 Å². The predicted molar refractivity (Wildman–Crippen MR) is 109 cm³/mol. The van der Waals surface area contributed by atoms with Gasteiger partial charge in [-0.25, -0.2) is 20.8 Å². The number of aromatic nitrogens is 3. The summed E-state index contributed by atoms with van der Waals surface area (Å²) in [6.45, 7) is 2.63. The van der Waals surface area contributed by atoms with E-state index in [1.807, 2.05) is 0 Å². The Kier molecular flexibility index (Phi) is 6.59. The number of nitrogens with one attached hydrogen (secondary N) is 1. The third kappa shape index (κ3) is 5.40. The molecule has 1 unspecified atom stereocenters. The zero-order valence-corrected chi connectivity index (χ0v) is 16.8. The van der Waals surface area contributed by atoms with Gasteiger partial charge in [0.15, 0.2) is 5.82 Å². The zero-order valence-electron chi connectivity index (χ0n) is 16.8. The second-order valence-electron chi connectivity index (χ2n) is 7.10. The van der Waals surface area contributed by atoms with E-state index < -0.39 is 11.7 Å². The average molecular weight is 436 g/mol. The van der Waals surface area contributed by atoms with E-state index in [0.29, 0.717) is 37.2 Å². The summed E-state index contributed by atoms with van der Waals surface area (Å²) in [5.74, 6) is 6.02. The van der Waals surface area contributed by atoms with Crippen molar-refractivity contribution >= 4 is 17.7 Å². The molecule has 9 nitrogen and oxygen atoms in total. The van der Waals surface area contributed by atoms with Crippen molar-refractivity contribution < 1.29 is 18.0 Å². The molecule has 12 heteroatoms. The van der Waals surface area contributed by atoms with Gasteiger partial charge in [0.2, 0.25) is 5.95 Å². The van der Waals surface area contributed by atoms with Gasteiger partial charge >= 0.3 is 6.18 Å². The molecule has 31 heavy (non-hydrogen) atoms. The molecule has 0 aliphatic carbocycles. The third-order valence-corrected chi connectivity index (χ3v) is 4.76. The number of aryl methyl sites for hydroxylation is 1. The number of carbonyl (C=O) groups excluding carboxylic acids is 1. The Balaban J connectivity index is 1.73. The molecule has 1 aliphatic rings. The van der Waals surface area contributed by atoms with Gasteiger partial charge in [-0.05, 0) is 31.9 Å². The number of alkyl halides is 3. The van der Waals surface area contributed by atoms with E-state index in [-0.39, 0.29) is 23.7 Å². The van der Waals surface area contributed by atoms with Crippen LogP contribution in [0.25, 0.3) is 0 Å². The first kappa shape index (κ1) is 22.3. The summed E-state index contributed by atoms with van der Waals surface area (Å²) in [6, 6.07) is 3.15.